The van der Waals surface area contributed by atoms with Gasteiger partial charge in [-0.25, -0.2) is 4.79 Å². The van der Waals surface area contributed by atoms with Crippen LogP contribution < -0.4 is 0 Å². The fourth-order valence-corrected chi connectivity index (χ4v) is 2.41. The van der Waals surface area contributed by atoms with Crippen LogP contribution in [0.2, 0.25) is 0 Å². The number of hydrogen-bond donors (Lipinski definition) is 0. The van der Waals surface area contributed by atoms with Crippen LogP contribution >= 0.6 is 0 Å². The van der Waals surface area contributed by atoms with Crippen LogP contribution in [0.3, 0.4) is 0 Å². The molecule has 1 saturated heterocycles. The van der Waals surface area contributed by atoms with Crippen molar-refractivity contribution < 1.29 is 19.1 Å². The number of carbonyl (C=O) groups excluding carboxylic acids is 2. The van der Waals surface area contributed by atoms with Gasteiger partial charge < -0.3 is 14.4 Å². The smallest absolute Gasteiger partial charge is 0.337 e. The first-order valence-electron chi connectivity index (χ1n) is 7.14. The first-order valence-corrected chi connectivity index (χ1v) is 7.14. The highest BCUT2D eigenvalue weighted by atomic mass is 16.5. The van der Waals surface area contributed by atoms with Gasteiger partial charge in [-0.15, -0.1) is 0 Å². The summed E-state index contributed by atoms with van der Waals surface area (Å²) >= 11 is 0. The molecule has 1 aliphatic heterocycles. The third-order valence-electron chi connectivity index (χ3n) is 3.75. The number of likely N-dealkylation sites (tertiary alicyclic amines) is 1. The van der Waals surface area contributed by atoms with Gasteiger partial charge in [0.2, 0.25) is 5.91 Å². The third kappa shape index (κ3) is 4.29. The van der Waals surface area contributed by atoms with Gasteiger partial charge in [0.05, 0.1) is 25.4 Å². The van der Waals surface area contributed by atoms with E-state index in [0.717, 1.165) is 31.5 Å². The van der Waals surface area contributed by atoms with Crippen LogP contribution in [0.15, 0.2) is 24.3 Å². The highest BCUT2D eigenvalue weighted by Crippen LogP contribution is 2.16. The van der Waals surface area contributed by atoms with Crippen molar-refractivity contribution in [3.05, 3.63) is 35.4 Å². The Morgan fingerprint density at radius 3 is 2.33 bits per heavy atom. The van der Waals surface area contributed by atoms with Crippen molar-refractivity contribution >= 4 is 11.9 Å². The number of ether oxygens (including phenoxy) is 2. The molecule has 0 aromatic heterocycles. The molecule has 0 spiro atoms. The molecule has 5 nitrogen and oxygen atoms in total. The zero-order valence-corrected chi connectivity index (χ0v) is 12.5. The second-order valence-electron chi connectivity index (χ2n) is 5.20. The van der Waals surface area contributed by atoms with Crippen molar-refractivity contribution in [3.8, 4) is 0 Å². The van der Waals surface area contributed by atoms with E-state index >= 15 is 0 Å². The molecular formula is C16H21NO4. The van der Waals surface area contributed by atoms with Gasteiger partial charge in [-0.1, -0.05) is 12.1 Å². The predicted octanol–water partition coefficient (Wildman–Crippen LogP) is 2.00. The number of piperidine rings is 1. The molecule has 0 N–H and O–H groups in total. The van der Waals surface area contributed by atoms with Gasteiger partial charge in [0.25, 0.3) is 0 Å². The summed E-state index contributed by atoms with van der Waals surface area (Å²) in [6.45, 7) is 3.65. The first kappa shape index (κ1) is 15.5. The molecule has 5 heteroatoms. The number of hydrogen-bond acceptors (Lipinski definition) is 4. The molecule has 21 heavy (non-hydrogen) atoms. The van der Waals surface area contributed by atoms with Crippen LogP contribution in [0.4, 0.5) is 0 Å². The minimum Gasteiger partial charge on any atom is -0.465 e. The molecule has 1 amide bonds. The zero-order chi connectivity index (χ0) is 15.2. The average Bonchev–Trinajstić information content (AvgIpc) is 2.53. The lowest BCUT2D eigenvalue weighted by molar-refractivity contribution is -0.131. The highest BCUT2D eigenvalue weighted by molar-refractivity contribution is 5.89. The van der Waals surface area contributed by atoms with Gasteiger partial charge in [-0.2, -0.15) is 0 Å². The Kier molecular flexibility index (Phi) is 5.33. The maximum atomic E-state index is 11.3. The quantitative estimate of drug-likeness (QED) is 0.796. The summed E-state index contributed by atoms with van der Waals surface area (Å²) in [7, 11) is 1.37. The van der Waals surface area contributed by atoms with Crippen molar-refractivity contribution in [1.82, 2.24) is 4.90 Å². The monoisotopic (exact) mass is 291 g/mol. The maximum Gasteiger partial charge on any atom is 0.337 e. The molecule has 1 aliphatic rings. The summed E-state index contributed by atoms with van der Waals surface area (Å²) < 4.78 is 10.5. The Hall–Kier alpha value is -1.88. The van der Waals surface area contributed by atoms with Crippen molar-refractivity contribution in [3.63, 3.8) is 0 Å². The molecule has 0 bridgehead atoms. The number of methoxy groups -OCH3 is 1. The Morgan fingerprint density at radius 1 is 1.19 bits per heavy atom. The van der Waals surface area contributed by atoms with Gasteiger partial charge in [-0.05, 0) is 30.5 Å². The van der Waals surface area contributed by atoms with Gasteiger partial charge in [0.1, 0.15) is 0 Å². The van der Waals surface area contributed by atoms with Crippen LogP contribution in [-0.2, 0) is 20.9 Å². The minimum atomic E-state index is -0.334. The molecule has 0 aliphatic carbocycles. The van der Waals surface area contributed by atoms with E-state index < -0.39 is 0 Å². The molecule has 0 saturated carbocycles. The van der Waals surface area contributed by atoms with Crippen LogP contribution in [0, 0.1) is 0 Å². The number of carbonyl (C=O) groups is 2. The number of nitrogens with zero attached hydrogens (tertiary/aromatic N) is 1. The maximum absolute atomic E-state index is 11.3. The molecule has 2 rings (SSSR count). The second-order valence-corrected chi connectivity index (χ2v) is 5.20. The standard InChI is InChI=1S/C16H21NO4/c1-12(18)17-9-7-15(8-10-17)21-11-13-3-5-14(6-4-13)16(19)20-2/h3-6,15H,7-11H2,1-2H3. The number of rotatable bonds is 4. The van der Waals surface area contributed by atoms with Gasteiger partial charge >= 0.3 is 5.97 Å². The van der Waals surface area contributed by atoms with Crippen molar-refractivity contribution in [1.29, 1.82) is 0 Å². The molecule has 1 heterocycles. The van der Waals surface area contributed by atoms with Gasteiger partial charge in [-0.3, -0.25) is 4.79 Å². The zero-order valence-electron chi connectivity index (χ0n) is 12.5. The van der Waals surface area contributed by atoms with Crippen LogP contribution in [0.1, 0.15) is 35.7 Å². The molecule has 0 radical (unpaired) electrons. The van der Waals surface area contributed by atoms with E-state index in [1.165, 1.54) is 7.11 Å². The normalized spacial score (nSPS) is 15.8. The highest BCUT2D eigenvalue weighted by Gasteiger charge is 2.20. The molecule has 1 aromatic rings. The lowest BCUT2D eigenvalue weighted by atomic mass is 10.1. The van der Waals surface area contributed by atoms with Crippen LogP contribution in [0.25, 0.3) is 0 Å². The van der Waals surface area contributed by atoms with Crippen molar-refractivity contribution in [2.24, 2.45) is 0 Å². The lowest BCUT2D eigenvalue weighted by Crippen LogP contribution is -2.39. The summed E-state index contributed by atoms with van der Waals surface area (Å²) in [6.07, 6.45) is 1.94. The van der Waals surface area contributed by atoms with E-state index in [2.05, 4.69) is 4.74 Å². The van der Waals surface area contributed by atoms with Crippen LogP contribution in [0.5, 0.6) is 0 Å². The van der Waals surface area contributed by atoms with E-state index in [-0.39, 0.29) is 18.0 Å². The molecular weight excluding hydrogens is 270 g/mol. The SMILES string of the molecule is COC(=O)c1ccc(COC2CCN(C(C)=O)CC2)cc1. The van der Waals surface area contributed by atoms with Gasteiger partial charge in [0, 0.05) is 20.0 Å². The minimum absolute atomic E-state index is 0.131. The Balaban J connectivity index is 1.79. The molecule has 0 atom stereocenters. The first-order chi connectivity index (χ1) is 10.1. The third-order valence-corrected chi connectivity index (χ3v) is 3.75. The Labute approximate surface area is 124 Å². The van der Waals surface area contributed by atoms with Gasteiger partial charge in [0.15, 0.2) is 0 Å². The number of esters is 1. The lowest BCUT2D eigenvalue weighted by Gasteiger charge is -2.31. The van der Waals surface area contributed by atoms with E-state index in [9.17, 15) is 9.59 Å². The summed E-state index contributed by atoms with van der Waals surface area (Å²) in [6, 6.07) is 7.22. The second kappa shape index (κ2) is 7.22. The summed E-state index contributed by atoms with van der Waals surface area (Å²) in [5.41, 5.74) is 1.56. The molecule has 0 unspecified atom stereocenters. The van der Waals surface area contributed by atoms with E-state index in [4.69, 9.17) is 4.74 Å². The fraction of sp³-hybridized carbons (Fsp3) is 0.500. The van der Waals surface area contributed by atoms with E-state index in [1.54, 1.807) is 19.1 Å². The Morgan fingerprint density at radius 2 is 1.81 bits per heavy atom. The summed E-state index contributed by atoms with van der Waals surface area (Å²) in [5.74, 6) is -0.203. The number of amides is 1. The fourth-order valence-electron chi connectivity index (χ4n) is 2.41. The molecule has 1 aromatic carbocycles. The van der Waals surface area contributed by atoms with Crippen molar-refractivity contribution in [2.45, 2.75) is 32.5 Å². The topological polar surface area (TPSA) is 55.8 Å². The molecule has 1 fully saturated rings. The van der Waals surface area contributed by atoms with Crippen LogP contribution in [-0.4, -0.2) is 43.1 Å². The predicted molar refractivity (Wildman–Crippen MR) is 77.8 cm³/mol. The average molecular weight is 291 g/mol. The van der Waals surface area contributed by atoms with Crippen molar-refractivity contribution in [2.75, 3.05) is 20.2 Å². The Bertz CT molecular complexity index is 490. The number of benzene rings is 1. The van der Waals surface area contributed by atoms with E-state index in [1.807, 2.05) is 17.0 Å². The van der Waals surface area contributed by atoms with E-state index in [0.29, 0.717) is 12.2 Å². The summed E-state index contributed by atoms with van der Waals surface area (Å²) in [5, 5.41) is 0. The largest absolute Gasteiger partial charge is 0.465 e. The summed E-state index contributed by atoms with van der Waals surface area (Å²) in [4.78, 5) is 24.4. The molecule has 114 valence electrons.